The third-order valence-corrected chi connectivity index (χ3v) is 3.67. The van der Waals surface area contributed by atoms with E-state index in [0.717, 1.165) is 6.42 Å². The second-order valence-corrected chi connectivity index (χ2v) is 5.13. The summed E-state index contributed by atoms with van der Waals surface area (Å²) >= 11 is 1.70. The number of hydrogen-bond donors (Lipinski definition) is 1. The highest BCUT2D eigenvalue weighted by Crippen LogP contribution is 2.10. The molecule has 0 spiro atoms. The summed E-state index contributed by atoms with van der Waals surface area (Å²) in [7, 11) is 3.53. The maximum absolute atomic E-state index is 12.2. The maximum atomic E-state index is 12.2. The second-order valence-electron chi connectivity index (χ2n) is 4.10. The van der Waals surface area contributed by atoms with Gasteiger partial charge in [-0.15, -0.1) is 11.3 Å². The van der Waals surface area contributed by atoms with Crippen LogP contribution in [-0.4, -0.2) is 41.4 Å². The largest absolute Gasteiger partial charge is 0.372 e. The molecule has 2 rings (SSSR count). The van der Waals surface area contributed by atoms with Crippen LogP contribution in [0.4, 0.5) is 5.82 Å². The molecule has 100 valence electrons. The van der Waals surface area contributed by atoms with Crippen LogP contribution in [0.3, 0.4) is 0 Å². The van der Waals surface area contributed by atoms with Gasteiger partial charge in [0.2, 0.25) is 0 Å². The predicted octanol–water partition coefficient (Wildman–Crippen LogP) is 1.89. The van der Waals surface area contributed by atoms with Gasteiger partial charge in [0, 0.05) is 25.5 Å². The topological polar surface area (TPSA) is 58.1 Å². The van der Waals surface area contributed by atoms with Gasteiger partial charge in [-0.3, -0.25) is 9.78 Å². The Bertz CT molecular complexity index is 541. The summed E-state index contributed by atoms with van der Waals surface area (Å²) in [5.74, 6) is 0.485. The van der Waals surface area contributed by atoms with Crippen LogP contribution in [0, 0.1) is 0 Å². The van der Waals surface area contributed by atoms with E-state index in [2.05, 4.69) is 21.4 Å². The van der Waals surface area contributed by atoms with Crippen LogP contribution in [0.5, 0.6) is 0 Å². The molecule has 0 aliphatic rings. The van der Waals surface area contributed by atoms with E-state index in [4.69, 9.17) is 0 Å². The molecule has 2 aromatic rings. The molecule has 0 radical (unpaired) electrons. The average Bonchev–Trinajstić information content (AvgIpc) is 2.97. The molecule has 1 amide bonds. The lowest BCUT2D eigenvalue weighted by atomic mass is 10.3. The average molecular weight is 276 g/mol. The second kappa shape index (κ2) is 6.29. The van der Waals surface area contributed by atoms with Crippen LogP contribution < -0.4 is 5.32 Å². The van der Waals surface area contributed by atoms with Crippen LogP contribution in [0.15, 0.2) is 29.9 Å². The Hall–Kier alpha value is -1.95. The molecular formula is C13H16N4OS. The Labute approximate surface area is 116 Å². The van der Waals surface area contributed by atoms with Crippen molar-refractivity contribution in [2.45, 2.75) is 6.42 Å². The maximum Gasteiger partial charge on any atom is 0.273 e. The fourth-order valence-electron chi connectivity index (χ4n) is 1.62. The zero-order valence-corrected chi connectivity index (χ0v) is 11.8. The number of hydrogen-bond acceptors (Lipinski definition) is 5. The third kappa shape index (κ3) is 3.51. The van der Waals surface area contributed by atoms with Crippen LogP contribution in [-0.2, 0) is 6.42 Å². The minimum absolute atomic E-state index is 0.110. The highest BCUT2D eigenvalue weighted by Gasteiger charge is 2.14. The minimum Gasteiger partial charge on any atom is -0.372 e. The molecule has 5 nitrogen and oxygen atoms in total. The number of likely N-dealkylation sites (N-methyl/N-ethyl adjacent to an activating group) is 1. The normalized spacial score (nSPS) is 10.2. The fraction of sp³-hybridized carbons (Fsp3) is 0.308. The number of amides is 1. The quantitative estimate of drug-likeness (QED) is 0.906. The van der Waals surface area contributed by atoms with Gasteiger partial charge in [-0.25, -0.2) is 4.98 Å². The number of anilines is 1. The van der Waals surface area contributed by atoms with Gasteiger partial charge >= 0.3 is 0 Å². The van der Waals surface area contributed by atoms with Crippen LogP contribution in [0.25, 0.3) is 0 Å². The van der Waals surface area contributed by atoms with E-state index in [-0.39, 0.29) is 5.91 Å². The lowest BCUT2D eigenvalue weighted by Crippen LogP contribution is -2.29. The number of carbonyl (C=O) groups excluding carboxylic acids is 1. The van der Waals surface area contributed by atoms with Crippen LogP contribution >= 0.6 is 11.3 Å². The molecule has 0 aromatic carbocycles. The van der Waals surface area contributed by atoms with Gasteiger partial charge in [0.1, 0.15) is 11.5 Å². The molecule has 0 aliphatic carbocycles. The van der Waals surface area contributed by atoms with E-state index in [1.165, 1.54) is 11.1 Å². The lowest BCUT2D eigenvalue weighted by Gasteiger charge is -2.16. The molecule has 0 saturated heterocycles. The standard InChI is InChI=1S/C13H16N4OS/c1-14-12-9-15-8-11(16-12)13(18)17(2)6-5-10-4-3-7-19-10/h3-4,7-9H,5-6H2,1-2H3,(H,14,16). The van der Waals surface area contributed by atoms with Crippen molar-refractivity contribution in [1.82, 2.24) is 14.9 Å². The zero-order chi connectivity index (χ0) is 13.7. The van der Waals surface area contributed by atoms with Crippen molar-refractivity contribution in [2.75, 3.05) is 26.0 Å². The molecule has 0 bridgehead atoms. The van der Waals surface area contributed by atoms with E-state index in [1.54, 1.807) is 36.5 Å². The number of rotatable bonds is 5. The summed E-state index contributed by atoms with van der Waals surface area (Å²) in [5.41, 5.74) is 0.362. The first-order chi connectivity index (χ1) is 9.20. The summed E-state index contributed by atoms with van der Waals surface area (Å²) in [5, 5.41) is 4.91. The molecule has 0 saturated carbocycles. The number of nitrogens with one attached hydrogen (secondary N) is 1. The Morgan fingerprint density at radius 3 is 3.00 bits per heavy atom. The van der Waals surface area contributed by atoms with Crippen molar-refractivity contribution in [2.24, 2.45) is 0 Å². The minimum atomic E-state index is -0.110. The van der Waals surface area contributed by atoms with Gasteiger partial charge in [-0.2, -0.15) is 0 Å². The van der Waals surface area contributed by atoms with Crippen molar-refractivity contribution in [3.63, 3.8) is 0 Å². The summed E-state index contributed by atoms with van der Waals surface area (Å²) < 4.78 is 0. The Kier molecular flexibility index (Phi) is 4.46. The van der Waals surface area contributed by atoms with E-state index in [9.17, 15) is 4.79 Å². The summed E-state index contributed by atoms with van der Waals surface area (Å²) in [6, 6.07) is 4.09. The molecule has 19 heavy (non-hydrogen) atoms. The summed E-state index contributed by atoms with van der Waals surface area (Å²) in [6.07, 6.45) is 3.94. The number of aromatic nitrogens is 2. The molecule has 0 atom stereocenters. The molecule has 0 fully saturated rings. The molecule has 6 heteroatoms. The molecule has 1 N–H and O–H groups in total. The lowest BCUT2D eigenvalue weighted by molar-refractivity contribution is 0.0791. The summed E-state index contributed by atoms with van der Waals surface area (Å²) in [4.78, 5) is 23.3. The van der Waals surface area contributed by atoms with E-state index >= 15 is 0 Å². The Balaban J connectivity index is 1.97. The molecule has 0 unspecified atom stereocenters. The smallest absolute Gasteiger partial charge is 0.273 e. The Morgan fingerprint density at radius 1 is 1.47 bits per heavy atom. The Morgan fingerprint density at radius 2 is 2.32 bits per heavy atom. The highest BCUT2D eigenvalue weighted by molar-refractivity contribution is 7.09. The first-order valence-electron chi connectivity index (χ1n) is 5.98. The van der Waals surface area contributed by atoms with Gasteiger partial charge in [0.15, 0.2) is 0 Å². The number of carbonyl (C=O) groups is 1. The van der Waals surface area contributed by atoms with Gasteiger partial charge in [-0.1, -0.05) is 6.07 Å². The van der Waals surface area contributed by atoms with Crippen LogP contribution in [0.1, 0.15) is 15.4 Å². The molecule has 2 aromatic heterocycles. The highest BCUT2D eigenvalue weighted by atomic mass is 32.1. The van der Waals surface area contributed by atoms with Gasteiger partial charge < -0.3 is 10.2 Å². The van der Waals surface area contributed by atoms with Gasteiger partial charge in [-0.05, 0) is 17.9 Å². The first-order valence-corrected chi connectivity index (χ1v) is 6.86. The molecule has 0 aliphatic heterocycles. The first kappa shape index (κ1) is 13.5. The van der Waals surface area contributed by atoms with Crippen LogP contribution in [0.2, 0.25) is 0 Å². The van der Waals surface area contributed by atoms with Crippen molar-refractivity contribution < 1.29 is 4.79 Å². The third-order valence-electron chi connectivity index (χ3n) is 2.73. The molecule has 2 heterocycles. The monoisotopic (exact) mass is 276 g/mol. The SMILES string of the molecule is CNc1cncc(C(=O)N(C)CCc2cccs2)n1. The number of thiophene rings is 1. The number of nitrogens with zero attached hydrogens (tertiary/aromatic N) is 3. The summed E-state index contributed by atoms with van der Waals surface area (Å²) in [6.45, 7) is 0.671. The van der Waals surface area contributed by atoms with E-state index in [0.29, 0.717) is 18.1 Å². The predicted molar refractivity (Wildman–Crippen MR) is 76.6 cm³/mol. The van der Waals surface area contributed by atoms with Crippen molar-refractivity contribution >= 4 is 23.1 Å². The van der Waals surface area contributed by atoms with E-state index in [1.807, 2.05) is 11.4 Å². The van der Waals surface area contributed by atoms with Crippen molar-refractivity contribution in [3.05, 3.63) is 40.5 Å². The van der Waals surface area contributed by atoms with Crippen molar-refractivity contribution in [3.8, 4) is 0 Å². The van der Waals surface area contributed by atoms with Crippen molar-refractivity contribution in [1.29, 1.82) is 0 Å². The van der Waals surface area contributed by atoms with Gasteiger partial charge in [0.05, 0.1) is 12.4 Å². The van der Waals surface area contributed by atoms with Gasteiger partial charge in [0.25, 0.3) is 5.91 Å². The zero-order valence-electron chi connectivity index (χ0n) is 11.0. The van der Waals surface area contributed by atoms with E-state index < -0.39 is 0 Å². The fourth-order valence-corrected chi connectivity index (χ4v) is 2.32. The molecular weight excluding hydrogens is 260 g/mol.